The normalized spacial score (nSPS) is 15.7. The van der Waals surface area contributed by atoms with E-state index in [1.165, 1.54) is 21.3 Å². The van der Waals surface area contributed by atoms with E-state index in [1.54, 1.807) is 30.3 Å². The Balaban J connectivity index is 1.90. The van der Waals surface area contributed by atoms with Crippen molar-refractivity contribution in [1.29, 1.82) is 0 Å². The molecule has 2 aromatic carbocycles. The van der Waals surface area contributed by atoms with E-state index in [9.17, 15) is 9.59 Å². The summed E-state index contributed by atoms with van der Waals surface area (Å²) in [6.45, 7) is 0.781. The number of carbonyl (C=O) groups excluding carboxylic acids is 2. The van der Waals surface area contributed by atoms with E-state index in [1.807, 2.05) is 12.1 Å². The van der Waals surface area contributed by atoms with E-state index in [2.05, 4.69) is 16.0 Å². The van der Waals surface area contributed by atoms with E-state index < -0.39 is 18.0 Å². The lowest BCUT2D eigenvalue weighted by Crippen LogP contribution is -2.48. The summed E-state index contributed by atoms with van der Waals surface area (Å²) in [6, 6.07) is 11.5. The van der Waals surface area contributed by atoms with Crippen LogP contribution in [0.15, 0.2) is 53.7 Å². The molecule has 0 unspecified atom stereocenters. The van der Waals surface area contributed by atoms with Crippen LogP contribution in [0.3, 0.4) is 0 Å². The van der Waals surface area contributed by atoms with Crippen molar-refractivity contribution in [2.45, 2.75) is 12.6 Å². The second-order valence-electron chi connectivity index (χ2n) is 6.76. The van der Waals surface area contributed by atoms with Crippen LogP contribution in [0.2, 0.25) is 5.02 Å². The summed E-state index contributed by atoms with van der Waals surface area (Å²) >= 11 is 5.92. The van der Waals surface area contributed by atoms with Crippen LogP contribution in [-0.4, -0.2) is 39.9 Å². The number of carbonyl (C=O) groups is 2. The molecule has 0 aromatic heterocycles. The van der Waals surface area contributed by atoms with Crippen LogP contribution in [0.25, 0.3) is 0 Å². The number of methoxy groups -OCH3 is 3. The van der Waals surface area contributed by atoms with Gasteiger partial charge in [-0.2, -0.15) is 0 Å². The van der Waals surface area contributed by atoms with Gasteiger partial charge in [-0.25, -0.2) is 9.59 Å². The zero-order valence-electron chi connectivity index (χ0n) is 17.5. The predicted octanol–water partition coefficient (Wildman–Crippen LogP) is 2.93. The maximum absolute atomic E-state index is 12.6. The number of urea groups is 1. The van der Waals surface area contributed by atoms with Crippen LogP contribution in [-0.2, 0) is 16.1 Å². The zero-order valence-corrected chi connectivity index (χ0v) is 18.2. The molecule has 2 amide bonds. The lowest BCUT2D eigenvalue weighted by molar-refractivity contribution is -0.136. The van der Waals surface area contributed by atoms with E-state index >= 15 is 0 Å². The summed E-state index contributed by atoms with van der Waals surface area (Å²) in [7, 11) is 4.36. The minimum absolute atomic E-state index is 0.254. The summed E-state index contributed by atoms with van der Waals surface area (Å²) < 4.78 is 15.6. The maximum Gasteiger partial charge on any atom is 0.338 e. The molecule has 164 valence electrons. The van der Waals surface area contributed by atoms with Gasteiger partial charge in [-0.05, 0) is 35.4 Å². The molecule has 1 atom stereocenters. The van der Waals surface area contributed by atoms with Crippen LogP contribution in [0, 0.1) is 0 Å². The second kappa shape index (κ2) is 10.2. The Morgan fingerprint density at radius 2 is 1.74 bits per heavy atom. The van der Waals surface area contributed by atoms with Crippen LogP contribution < -0.4 is 25.4 Å². The van der Waals surface area contributed by atoms with Gasteiger partial charge in [0.15, 0.2) is 11.5 Å². The third kappa shape index (κ3) is 5.28. The number of amides is 2. The predicted molar refractivity (Wildman–Crippen MR) is 116 cm³/mol. The largest absolute Gasteiger partial charge is 0.493 e. The zero-order chi connectivity index (χ0) is 22.4. The van der Waals surface area contributed by atoms with E-state index in [4.69, 9.17) is 25.8 Å². The molecule has 0 spiro atoms. The van der Waals surface area contributed by atoms with Crippen molar-refractivity contribution in [2.75, 3.05) is 27.9 Å². The summed E-state index contributed by atoms with van der Waals surface area (Å²) in [5.74, 6) is 0.481. The molecule has 9 heteroatoms. The summed E-state index contributed by atoms with van der Waals surface area (Å²) in [5.41, 5.74) is 2.41. The molecular weight excluding hydrogens is 422 g/mol. The Morgan fingerprint density at radius 1 is 1.03 bits per heavy atom. The van der Waals surface area contributed by atoms with Crippen molar-refractivity contribution in [3.63, 3.8) is 0 Å². The van der Waals surface area contributed by atoms with Gasteiger partial charge in [-0.3, -0.25) is 0 Å². The smallest absolute Gasteiger partial charge is 0.338 e. The summed E-state index contributed by atoms with van der Waals surface area (Å²) in [4.78, 5) is 25.0. The lowest BCUT2D eigenvalue weighted by atomic mass is 9.94. The molecular formula is C22H24ClN3O5. The highest BCUT2D eigenvalue weighted by atomic mass is 35.5. The molecule has 3 N–H and O–H groups in total. The van der Waals surface area contributed by atoms with Crippen molar-refractivity contribution >= 4 is 23.6 Å². The Kier molecular flexibility index (Phi) is 7.38. The number of hydrogen-bond donors (Lipinski definition) is 3. The Hall–Kier alpha value is -3.23. The third-order valence-electron chi connectivity index (χ3n) is 4.84. The summed E-state index contributed by atoms with van der Waals surface area (Å²) in [5, 5.41) is 9.39. The minimum Gasteiger partial charge on any atom is -0.493 e. The minimum atomic E-state index is -0.715. The molecule has 0 bridgehead atoms. The van der Waals surface area contributed by atoms with Crippen molar-refractivity contribution in [3.05, 3.63) is 69.9 Å². The van der Waals surface area contributed by atoms with Crippen molar-refractivity contribution in [3.8, 4) is 11.5 Å². The molecule has 2 aromatic rings. The molecule has 1 aliphatic heterocycles. The third-order valence-corrected chi connectivity index (χ3v) is 5.10. The average molecular weight is 446 g/mol. The first-order chi connectivity index (χ1) is 15.0. The Labute approximate surface area is 185 Å². The number of halogens is 1. The van der Waals surface area contributed by atoms with Gasteiger partial charge in [-0.1, -0.05) is 29.8 Å². The molecule has 31 heavy (non-hydrogen) atoms. The van der Waals surface area contributed by atoms with E-state index in [0.717, 1.165) is 5.56 Å². The number of hydrogen-bond acceptors (Lipinski definition) is 6. The van der Waals surface area contributed by atoms with Crippen LogP contribution in [0.1, 0.15) is 17.2 Å². The number of rotatable bonds is 8. The first-order valence-corrected chi connectivity index (χ1v) is 9.90. The van der Waals surface area contributed by atoms with Crippen molar-refractivity contribution in [1.82, 2.24) is 16.0 Å². The average Bonchev–Trinajstić information content (AvgIpc) is 2.79. The standard InChI is InChI=1S/C22H24ClN3O5/c1-29-17-9-6-14(10-18(17)30-2)20-19(21(27)31-3)16(25-22(28)26-20)12-24-11-13-4-7-15(23)8-5-13/h4-10,20,24H,11-12H2,1-3H3,(H2,25,26,28)/t20-/m0/s1. The van der Waals surface area contributed by atoms with Gasteiger partial charge in [-0.15, -0.1) is 0 Å². The molecule has 3 rings (SSSR count). The fourth-order valence-electron chi connectivity index (χ4n) is 3.32. The topological polar surface area (TPSA) is 97.9 Å². The monoisotopic (exact) mass is 445 g/mol. The second-order valence-corrected chi connectivity index (χ2v) is 7.20. The van der Waals surface area contributed by atoms with E-state index in [-0.39, 0.29) is 6.54 Å². The molecule has 1 heterocycles. The highest BCUT2D eigenvalue weighted by Gasteiger charge is 2.33. The molecule has 0 saturated carbocycles. The van der Waals surface area contributed by atoms with Gasteiger partial charge in [0.25, 0.3) is 0 Å². The quantitative estimate of drug-likeness (QED) is 0.540. The van der Waals surface area contributed by atoms with Gasteiger partial charge < -0.3 is 30.2 Å². The van der Waals surface area contributed by atoms with Gasteiger partial charge in [0.05, 0.1) is 32.9 Å². The highest BCUT2D eigenvalue weighted by molar-refractivity contribution is 6.30. The molecule has 8 nitrogen and oxygen atoms in total. The number of benzene rings is 2. The van der Waals surface area contributed by atoms with Gasteiger partial charge >= 0.3 is 12.0 Å². The van der Waals surface area contributed by atoms with Crippen LogP contribution >= 0.6 is 11.6 Å². The summed E-state index contributed by atoms with van der Waals surface area (Å²) in [6.07, 6.45) is 0. The molecule has 0 radical (unpaired) electrons. The Bertz CT molecular complexity index is 991. The molecule has 0 saturated heterocycles. The van der Waals surface area contributed by atoms with Crippen LogP contribution in [0.5, 0.6) is 11.5 Å². The van der Waals surface area contributed by atoms with Gasteiger partial charge in [0, 0.05) is 23.8 Å². The maximum atomic E-state index is 12.6. The van der Waals surface area contributed by atoms with Crippen molar-refractivity contribution in [2.24, 2.45) is 0 Å². The molecule has 0 aliphatic carbocycles. The van der Waals surface area contributed by atoms with E-state index in [0.29, 0.717) is 39.9 Å². The molecule has 1 aliphatic rings. The van der Waals surface area contributed by atoms with Gasteiger partial charge in [0.1, 0.15) is 0 Å². The highest BCUT2D eigenvalue weighted by Crippen LogP contribution is 2.34. The number of ether oxygens (including phenoxy) is 3. The first-order valence-electron chi connectivity index (χ1n) is 9.52. The Morgan fingerprint density at radius 3 is 2.39 bits per heavy atom. The fraction of sp³-hybridized carbons (Fsp3) is 0.273. The fourth-order valence-corrected chi connectivity index (χ4v) is 3.45. The first kappa shape index (κ1) is 22.5. The number of nitrogens with one attached hydrogen (secondary N) is 3. The molecule has 0 fully saturated rings. The van der Waals surface area contributed by atoms with Gasteiger partial charge in [0.2, 0.25) is 0 Å². The van der Waals surface area contributed by atoms with Crippen LogP contribution in [0.4, 0.5) is 4.79 Å². The lowest BCUT2D eigenvalue weighted by Gasteiger charge is -2.29. The van der Waals surface area contributed by atoms with Crippen molar-refractivity contribution < 1.29 is 23.8 Å². The SMILES string of the molecule is COC(=O)C1=C(CNCc2ccc(Cl)cc2)NC(=O)N[C@H]1c1ccc(OC)c(OC)c1. The number of esters is 1.